The molecule has 0 heterocycles. The SMILES string of the molecule is O=[As](O)(O)O.[Si]. The molecule has 4 radical (unpaired) electrons. The van der Waals surface area contributed by atoms with E-state index in [1.165, 1.54) is 0 Å². The molecule has 0 aliphatic carbocycles. The maximum Gasteiger partial charge on any atom is 0 e. The van der Waals surface area contributed by atoms with Crippen molar-refractivity contribution in [2.45, 2.75) is 0 Å². The van der Waals surface area contributed by atoms with Gasteiger partial charge in [0.1, 0.15) is 0 Å². The van der Waals surface area contributed by atoms with E-state index in [9.17, 15) is 0 Å². The van der Waals surface area contributed by atoms with Gasteiger partial charge in [0.15, 0.2) is 0 Å². The molecule has 0 fully saturated rings. The Morgan fingerprint density at radius 1 is 1.17 bits per heavy atom. The number of rotatable bonds is 0. The molecule has 6 heavy (non-hydrogen) atoms. The van der Waals surface area contributed by atoms with Crippen LogP contribution in [0.25, 0.3) is 0 Å². The maximum absolute atomic E-state index is 8.94. The van der Waals surface area contributed by atoms with Crippen LogP contribution >= 0.6 is 0 Å². The maximum atomic E-state index is 8.94. The van der Waals surface area contributed by atoms with E-state index in [1.54, 1.807) is 0 Å². The molecule has 0 aliphatic heterocycles. The molecule has 0 bridgehead atoms. The fraction of sp³-hybridized carbons (Fsp3) is 0. The van der Waals surface area contributed by atoms with Crippen molar-refractivity contribution in [3.8, 4) is 0 Å². The van der Waals surface area contributed by atoms with E-state index >= 15 is 0 Å². The second-order valence-corrected chi connectivity index (χ2v) is 2.67. The first-order chi connectivity index (χ1) is 2.00. The van der Waals surface area contributed by atoms with Gasteiger partial charge in [-0.1, -0.05) is 0 Å². The zero-order valence-corrected chi connectivity index (χ0v) is 5.57. The zero-order chi connectivity index (χ0) is 4.50. The predicted octanol–water partition coefficient (Wildman–Crippen LogP) is -2.55. The van der Waals surface area contributed by atoms with Crippen LogP contribution in [0.3, 0.4) is 0 Å². The van der Waals surface area contributed by atoms with Gasteiger partial charge in [0.25, 0.3) is 0 Å². The van der Waals surface area contributed by atoms with Crippen LogP contribution in [0.15, 0.2) is 0 Å². The van der Waals surface area contributed by atoms with Crippen LogP contribution < -0.4 is 0 Å². The van der Waals surface area contributed by atoms with Crippen molar-refractivity contribution < 1.29 is 16.0 Å². The molecule has 0 atom stereocenters. The molecule has 0 saturated carbocycles. The summed E-state index contributed by atoms with van der Waals surface area (Å²) in [6, 6.07) is 0. The summed E-state index contributed by atoms with van der Waals surface area (Å²) in [5, 5.41) is 0. The Balaban J connectivity index is 0. The van der Waals surface area contributed by atoms with Gasteiger partial charge in [-0.25, -0.2) is 0 Å². The molecule has 0 aliphatic rings. The van der Waals surface area contributed by atoms with Crippen molar-refractivity contribution in [1.29, 1.82) is 0 Å². The summed E-state index contributed by atoms with van der Waals surface area (Å²) in [5.74, 6) is 0. The van der Waals surface area contributed by atoms with E-state index in [0.717, 1.165) is 0 Å². The van der Waals surface area contributed by atoms with Gasteiger partial charge in [-0.15, -0.1) is 0 Å². The van der Waals surface area contributed by atoms with Gasteiger partial charge in [-0.3, -0.25) is 0 Å². The average molecular weight is 170 g/mol. The quantitative estimate of drug-likeness (QED) is 0.350. The largest absolute Gasteiger partial charge is 0 e. The summed E-state index contributed by atoms with van der Waals surface area (Å²) in [7, 11) is 0. The van der Waals surface area contributed by atoms with Crippen molar-refractivity contribution >= 4 is 25.5 Å². The second-order valence-electron chi connectivity index (χ2n) is 0.513. The molecule has 0 unspecified atom stereocenters. The minimum absolute atomic E-state index is 0. The first-order valence-electron chi connectivity index (χ1n) is 0.783. The van der Waals surface area contributed by atoms with Crippen LogP contribution in [0.4, 0.5) is 0 Å². The van der Waals surface area contributed by atoms with Gasteiger partial charge in [-0.05, 0) is 0 Å². The zero-order valence-electron chi connectivity index (χ0n) is 2.70. The minimum atomic E-state index is -5.12. The first-order valence-corrected chi connectivity index (χ1v) is 4.07. The Kier molecular flexibility index (Phi) is 4.19. The van der Waals surface area contributed by atoms with E-state index in [1.807, 2.05) is 0 Å². The Labute approximate surface area is 42.2 Å². The molecule has 4 nitrogen and oxygen atoms in total. The molecule has 0 saturated heterocycles. The Morgan fingerprint density at radius 3 is 1.17 bits per heavy atom. The monoisotopic (exact) mass is 170 g/mol. The molecule has 3 N–H and O–H groups in total. The molecule has 0 rings (SSSR count). The van der Waals surface area contributed by atoms with Gasteiger partial charge >= 0.3 is 30.5 Å². The van der Waals surface area contributed by atoms with Crippen LogP contribution in [-0.4, -0.2) is 37.8 Å². The topological polar surface area (TPSA) is 77.8 Å². The van der Waals surface area contributed by atoms with Gasteiger partial charge in [0.05, 0.1) is 0 Å². The van der Waals surface area contributed by atoms with Crippen molar-refractivity contribution in [2.24, 2.45) is 0 Å². The van der Waals surface area contributed by atoms with Gasteiger partial charge in [0.2, 0.25) is 0 Å². The van der Waals surface area contributed by atoms with Crippen molar-refractivity contribution in [1.82, 2.24) is 0 Å². The summed E-state index contributed by atoms with van der Waals surface area (Å²) in [6.07, 6.45) is 0. The normalized spacial score (nSPS) is 9.83. The molecular formula is H3AsO4Si. The van der Waals surface area contributed by atoms with Crippen LogP contribution in [-0.2, 0) is 3.74 Å². The molecule has 0 aromatic carbocycles. The van der Waals surface area contributed by atoms with Crippen LogP contribution in [0.1, 0.15) is 0 Å². The van der Waals surface area contributed by atoms with Crippen LogP contribution in [0, 0.1) is 0 Å². The standard InChI is InChI=1S/AsH3O4.Si/c2-1(3,4)5;/h(H3,2,3,4,5);. The Bertz CT molecular complexity index is 53.7. The summed E-state index contributed by atoms with van der Waals surface area (Å²) in [4.78, 5) is 0. The third kappa shape index (κ3) is 257. The van der Waals surface area contributed by atoms with Crippen LogP contribution in [0.2, 0.25) is 0 Å². The molecular weight excluding hydrogens is 167 g/mol. The Morgan fingerprint density at radius 2 is 1.17 bits per heavy atom. The molecule has 36 valence electrons. The van der Waals surface area contributed by atoms with Gasteiger partial charge in [0, 0.05) is 11.0 Å². The first kappa shape index (κ1) is 9.68. The number of hydrogen-bond acceptors (Lipinski definition) is 1. The molecule has 0 aromatic rings. The minimum Gasteiger partial charge on any atom is 0 e. The molecule has 0 spiro atoms. The third-order valence-corrected chi connectivity index (χ3v) is 0. The summed E-state index contributed by atoms with van der Waals surface area (Å²) >= 11 is -5.12. The van der Waals surface area contributed by atoms with Crippen molar-refractivity contribution in [3.63, 3.8) is 0 Å². The number of hydrogen-bond donors (Lipinski definition) is 3. The van der Waals surface area contributed by atoms with Crippen molar-refractivity contribution in [2.75, 3.05) is 0 Å². The second kappa shape index (κ2) is 2.60. The van der Waals surface area contributed by atoms with Gasteiger partial charge in [-0.2, -0.15) is 0 Å². The molecule has 0 amide bonds. The predicted molar refractivity (Wildman–Crippen MR) is 18.9 cm³/mol. The van der Waals surface area contributed by atoms with E-state index < -0.39 is 14.5 Å². The van der Waals surface area contributed by atoms with E-state index in [4.69, 9.17) is 16.0 Å². The molecule has 6 heteroatoms. The summed E-state index contributed by atoms with van der Waals surface area (Å²) in [6.45, 7) is 0. The van der Waals surface area contributed by atoms with Gasteiger partial charge < -0.3 is 0 Å². The van der Waals surface area contributed by atoms with Crippen molar-refractivity contribution in [3.05, 3.63) is 0 Å². The smallest absolute Gasteiger partial charge is 0 e. The summed E-state index contributed by atoms with van der Waals surface area (Å²) < 4.78 is 30.7. The average Bonchev–Trinajstić information content (AvgIpc) is 0.722. The summed E-state index contributed by atoms with van der Waals surface area (Å²) in [5.41, 5.74) is 0. The van der Waals surface area contributed by atoms with Crippen LogP contribution in [0.5, 0.6) is 0 Å². The Hall–Kier alpha value is 0.455. The molecule has 0 aromatic heterocycles. The van der Waals surface area contributed by atoms with E-state index in [-0.39, 0.29) is 11.0 Å². The third-order valence-electron chi connectivity index (χ3n) is 0. The van der Waals surface area contributed by atoms with E-state index in [2.05, 4.69) is 0 Å². The fourth-order valence-corrected chi connectivity index (χ4v) is 0. The fourth-order valence-electron chi connectivity index (χ4n) is 0. The van der Waals surface area contributed by atoms with E-state index in [0.29, 0.717) is 0 Å².